The van der Waals surface area contributed by atoms with E-state index in [0.29, 0.717) is 12.5 Å². The van der Waals surface area contributed by atoms with Crippen molar-refractivity contribution in [3.05, 3.63) is 51.7 Å². The Hall–Kier alpha value is -2.37. The molecular weight excluding hydrogens is 402 g/mol. The van der Waals surface area contributed by atoms with Crippen LogP contribution in [0.25, 0.3) is 0 Å². The number of hydrogen-bond donors (Lipinski definition) is 2. The molecule has 2 rings (SSSR count). The summed E-state index contributed by atoms with van der Waals surface area (Å²) in [6.45, 7) is -0.430. The average molecular weight is 418 g/mol. The molecule has 0 unspecified atom stereocenters. The predicted octanol–water partition coefficient (Wildman–Crippen LogP) is 1.91. The Morgan fingerprint density at radius 1 is 1.15 bits per heavy atom. The van der Waals surface area contributed by atoms with Crippen LogP contribution >= 0.6 is 11.3 Å². The molecule has 27 heavy (non-hydrogen) atoms. The van der Waals surface area contributed by atoms with Gasteiger partial charge in [-0.3, -0.25) is 4.79 Å². The Bertz CT molecular complexity index is 924. The van der Waals surface area contributed by atoms with Crippen LogP contribution in [0.15, 0.2) is 30.3 Å². The second-order valence-electron chi connectivity index (χ2n) is 5.46. The summed E-state index contributed by atoms with van der Waals surface area (Å²) in [7, 11) is -3.28. The van der Waals surface area contributed by atoms with Crippen molar-refractivity contribution in [2.75, 3.05) is 24.7 Å². The SMILES string of the molecule is CS(=O)(=O)NCCc1ccc(C(=O)OCC(=O)Nc2cc(F)cc(F)c2)s1. The lowest BCUT2D eigenvalue weighted by molar-refractivity contribution is -0.119. The highest BCUT2D eigenvalue weighted by Gasteiger charge is 2.14. The molecule has 1 aromatic heterocycles. The van der Waals surface area contributed by atoms with Crippen LogP contribution in [0, 0.1) is 11.6 Å². The van der Waals surface area contributed by atoms with Crippen molar-refractivity contribution in [2.45, 2.75) is 6.42 Å². The summed E-state index contributed by atoms with van der Waals surface area (Å²) in [5.74, 6) is -3.18. The van der Waals surface area contributed by atoms with E-state index in [1.165, 1.54) is 6.07 Å². The summed E-state index contributed by atoms with van der Waals surface area (Å²) in [6.07, 6.45) is 1.45. The molecule has 1 heterocycles. The van der Waals surface area contributed by atoms with Crippen LogP contribution in [0.4, 0.5) is 14.5 Å². The molecule has 0 bridgehead atoms. The zero-order valence-corrected chi connectivity index (χ0v) is 15.8. The number of sulfonamides is 1. The number of halogens is 2. The fraction of sp³-hybridized carbons (Fsp3) is 0.250. The molecule has 0 aliphatic rings. The first-order valence-corrected chi connectivity index (χ1v) is 10.3. The molecule has 0 saturated heterocycles. The minimum Gasteiger partial charge on any atom is -0.451 e. The van der Waals surface area contributed by atoms with E-state index in [1.807, 2.05) is 0 Å². The Morgan fingerprint density at radius 3 is 2.44 bits per heavy atom. The molecule has 0 spiro atoms. The van der Waals surface area contributed by atoms with Crippen molar-refractivity contribution in [2.24, 2.45) is 0 Å². The van der Waals surface area contributed by atoms with Crippen molar-refractivity contribution in [1.82, 2.24) is 4.72 Å². The standard InChI is InChI=1S/C16H16F2N2O5S2/c1-27(23,24)19-5-4-13-2-3-14(26-13)16(22)25-9-15(21)20-12-7-10(17)6-11(18)8-12/h2-3,6-8,19H,4-5,9H2,1H3,(H,20,21). The third kappa shape index (κ3) is 7.41. The number of benzene rings is 1. The van der Waals surface area contributed by atoms with E-state index in [0.717, 1.165) is 34.6 Å². The van der Waals surface area contributed by atoms with E-state index in [1.54, 1.807) is 6.07 Å². The highest BCUT2D eigenvalue weighted by molar-refractivity contribution is 7.88. The number of anilines is 1. The van der Waals surface area contributed by atoms with Gasteiger partial charge in [0.2, 0.25) is 10.0 Å². The van der Waals surface area contributed by atoms with Crippen molar-refractivity contribution in [1.29, 1.82) is 0 Å². The summed E-state index contributed by atoms with van der Waals surface area (Å²) >= 11 is 1.11. The van der Waals surface area contributed by atoms with Gasteiger partial charge in [-0.2, -0.15) is 0 Å². The molecule has 0 saturated carbocycles. The first-order valence-electron chi connectivity index (χ1n) is 7.59. The molecule has 1 aromatic carbocycles. The molecule has 0 atom stereocenters. The summed E-state index contributed by atoms with van der Waals surface area (Å²) < 4.78 is 55.3. The third-order valence-electron chi connectivity index (χ3n) is 3.08. The molecule has 1 amide bonds. The Labute approximate surface area is 158 Å². The van der Waals surface area contributed by atoms with Gasteiger partial charge >= 0.3 is 5.97 Å². The van der Waals surface area contributed by atoms with Crippen molar-refractivity contribution >= 4 is 38.9 Å². The molecule has 11 heteroatoms. The van der Waals surface area contributed by atoms with Gasteiger partial charge in [0.1, 0.15) is 16.5 Å². The predicted molar refractivity (Wildman–Crippen MR) is 96.1 cm³/mol. The van der Waals surface area contributed by atoms with Crippen LogP contribution in [-0.2, 0) is 26.0 Å². The molecule has 0 radical (unpaired) electrons. The molecule has 0 fully saturated rings. The number of esters is 1. The second-order valence-corrected chi connectivity index (χ2v) is 8.47. The monoisotopic (exact) mass is 418 g/mol. The number of amides is 1. The maximum atomic E-state index is 13.1. The third-order valence-corrected chi connectivity index (χ3v) is 4.93. The first kappa shape index (κ1) is 20.9. The maximum absolute atomic E-state index is 13.1. The quantitative estimate of drug-likeness (QED) is 0.638. The lowest BCUT2D eigenvalue weighted by Crippen LogP contribution is -2.24. The van der Waals surface area contributed by atoms with E-state index in [2.05, 4.69) is 10.0 Å². The first-order chi connectivity index (χ1) is 12.6. The van der Waals surface area contributed by atoms with Crippen molar-refractivity contribution in [3.63, 3.8) is 0 Å². The Kier molecular flexibility index (Phi) is 6.99. The van der Waals surface area contributed by atoms with Gasteiger partial charge in [-0.05, 0) is 30.7 Å². The van der Waals surface area contributed by atoms with Crippen LogP contribution in [0.5, 0.6) is 0 Å². The number of hydrogen-bond acceptors (Lipinski definition) is 6. The van der Waals surface area contributed by atoms with Gasteiger partial charge in [-0.15, -0.1) is 11.3 Å². The Balaban J connectivity index is 1.82. The maximum Gasteiger partial charge on any atom is 0.348 e. The van der Waals surface area contributed by atoms with Gasteiger partial charge in [-0.25, -0.2) is 26.7 Å². The number of carbonyl (C=O) groups excluding carboxylic acids is 2. The van der Waals surface area contributed by atoms with Crippen molar-refractivity contribution in [3.8, 4) is 0 Å². The van der Waals surface area contributed by atoms with E-state index in [4.69, 9.17) is 4.74 Å². The molecule has 146 valence electrons. The van der Waals surface area contributed by atoms with E-state index in [-0.39, 0.29) is 17.1 Å². The van der Waals surface area contributed by atoms with Gasteiger partial charge in [0.05, 0.1) is 6.26 Å². The molecular formula is C16H16F2N2O5S2. The molecule has 2 aromatic rings. The zero-order chi connectivity index (χ0) is 20.0. The summed E-state index contributed by atoms with van der Waals surface area (Å²) in [4.78, 5) is 24.7. The molecule has 2 N–H and O–H groups in total. The Morgan fingerprint density at radius 2 is 1.81 bits per heavy atom. The van der Waals surface area contributed by atoms with E-state index < -0.39 is 40.1 Å². The fourth-order valence-electron chi connectivity index (χ4n) is 2.01. The van der Waals surface area contributed by atoms with Crippen LogP contribution in [0.1, 0.15) is 14.5 Å². The minimum atomic E-state index is -3.28. The normalized spacial score (nSPS) is 11.2. The van der Waals surface area contributed by atoms with E-state index in [9.17, 15) is 26.8 Å². The fourth-order valence-corrected chi connectivity index (χ4v) is 3.38. The van der Waals surface area contributed by atoms with Gasteiger partial charge in [0, 0.05) is 23.2 Å². The van der Waals surface area contributed by atoms with Gasteiger partial charge in [-0.1, -0.05) is 0 Å². The minimum absolute atomic E-state index is 0.0923. The van der Waals surface area contributed by atoms with Crippen LogP contribution in [-0.4, -0.2) is 39.7 Å². The van der Waals surface area contributed by atoms with Gasteiger partial charge in [0.15, 0.2) is 6.61 Å². The number of ether oxygens (including phenoxy) is 1. The average Bonchev–Trinajstić information content (AvgIpc) is 2.99. The van der Waals surface area contributed by atoms with Crippen LogP contribution in [0.3, 0.4) is 0 Å². The molecule has 0 aliphatic carbocycles. The van der Waals surface area contributed by atoms with Crippen LogP contribution < -0.4 is 10.0 Å². The van der Waals surface area contributed by atoms with Gasteiger partial charge in [0.25, 0.3) is 5.91 Å². The lowest BCUT2D eigenvalue weighted by Gasteiger charge is -2.06. The molecule has 7 nitrogen and oxygen atoms in total. The smallest absolute Gasteiger partial charge is 0.348 e. The highest BCUT2D eigenvalue weighted by atomic mass is 32.2. The van der Waals surface area contributed by atoms with Gasteiger partial charge < -0.3 is 10.1 Å². The summed E-state index contributed by atoms with van der Waals surface area (Å²) in [6, 6.07) is 5.68. The number of nitrogens with one attached hydrogen (secondary N) is 2. The second kappa shape index (κ2) is 9.02. The topological polar surface area (TPSA) is 102 Å². The zero-order valence-electron chi connectivity index (χ0n) is 14.1. The highest BCUT2D eigenvalue weighted by Crippen LogP contribution is 2.18. The lowest BCUT2D eigenvalue weighted by atomic mass is 10.3. The summed E-state index contributed by atoms with van der Waals surface area (Å²) in [5.41, 5.74) is -0.0923. The van der Waals surface area contributed by atoms with E-state index >= 15 is 0 Å². The number of rotatable bonds is 8. The number of carbonyl (C=O) groups is 2. The van der Waals surface area contributed by atoms with Crippen molar-refractivity contribution < 1.29 is 31.5 Å². The summed E-state index contributed by atoms with van der Waals surface area (Å²) in [5, 5.41) is 2.22. The molecule has 0 aliphatic heterocycles. The number of thiophene rings is 1. The largest absolute Gasteiger partial charge is 0.451 e. The van der Waals surface area contributed by atoms with Crippen LogP contribution in [0.2, 0.25) is 0 Å².